The maximum atomic E-state index is 11.7. The first-order valence-corrected chi connectivity index (χ1v) is 6.67. The molecule has 100 valence electrons. The summed E-state index contributed by atoms with van der Waals surface area (Å²) in [6, 6.07) is 0. The van der Waals surface area contributed by atoms with Crippen LogP contribution in [-0.2, 0) is 9.53 Å². The Labute approximate surface area is 106 Å². The number of hydrogen-bond donors (Lipinski definition) is 0. The van der Waals surface area contributed by atoms with Crippen molar-refractivity contribution in [3.8, 4) is 0 Å². The third-order valence-electron chi connectivity index (χ3n) is 3.15. The third-order valence-corrected chi connectivity index (χ3v) is 3.15. The highest BCUT2D eigenvalue weighted by Gasteiger charge is 2.29. The van der Waals surface area contributed by atoms with Gasteiger partial charge in [0.2, 0.25) is 0 Å². The Morgan fingerprint density at radius 3 is 1.94 bits per heavy atom. The Hall–Kier alpha value is -0.790. The number of hydrogen-bond acceptors (Lipinski definition) is 2. The fourth-order valence-corrected chi connectivity index (χ4v) is 2.48. The average molecular weight is 240 g/mol. The summed E-state index contributed by atoms with van der Waals surface area (Å²) in [7, 11) is 0. The fraction of sp³-hybridized carbons (Fsp3) is 0.800. The van der Waals surface area contributed by atoms with Crippen LogP contribution >= 0.6 is 0 Å². The molecule has 2 nitrogen and oxygen atoms in total. The topological polar surface area (TPSA) is 26.3 Å². The summed E-state index contributed by atoms with van der Waals surface area (Å²) in [4.78, 5) is 11.7. The van der Waals surface area contributed by atoms with Gasteiger partial charge in [0.15, 0.2) is 0 Å². The van der Waals surface area contributed by atoms with Crippen LogP contribution in [0.2, 0.25) is 0 Å². The van der Waals surface area contributed by atoms with Gasteiger partial charge < -0.3 is 4.74 Å². The van der Waals surface area contributed by atoms with E-state index in [-0.39, 0.29) is 12.1 Å². The highest BCUT2D eigenvalue weighted by Crippen LogP contribution is 2.29. The van der Waals surface area contributed by atoms with E-state index in [4.69, 9.17) is 4.74 Å². The Kier molecular flexibility index (Phi) is 7.17. The number of rotatable bonds is 7. The predicted molar refractivity (Wildman–Crippen MR) is 72.8 cm³/mol. The van der Waals surface area contributed by atoms with Gasteiger partial charge in [-0.1, -0.05) is 47.6 Å². The van der Waals surface area contributed by atoms with Crippen LogP contribution in [0.5, 0.6) is 0 Å². The molecule has 0 saturated heterocycles. The van der Waals surface area contributed by atoms with E-state index in [1.807, 2.05) is 0 Å². The monoisotopic (exact) mass is 240 g/mol. The summed E-state index contributed by atoms with van der Waals surface area (Å²) in [6.45, 7) is 16.3. The van der Waals surface area contributed by atoms with Gasteiger partial charge in [0.25, 0.3) is 0 Å². The van der Waals surface area contributed by atoms with Gasteiger partial charge in [0.05, 0.1) is 0 Å². The van der Waals surface area contributed by atoms with E-state index < -0.39 is 0 Å². The van der Waals surface area contributed by atoms with Crippen molar-refractivity contribution in [2.45, 2.75) is 60.5 Å². The van der Waals surface area contributed by atoms with Gasteiger partial charge in [0, 0.05) is 11.5 Å². The molecular formula is C15H28O2. The van der Waals surface area contributed by atoms with E-state index in [2.05, 4.69) is 41.2 Å². The van der Waals surface area contributed by atoms with Crippen LogP contribution in [0, 0.1) is 17.8 Å². The van der Waals surface area contributed by atoms with Crippen LogP contribution in [0.3, 0.4) is 0 Å². The van der Waals surface area contributed by atoms with Crippen LogP contribution in [0.25, 0.3) is 0 Å². The van der Waals surface area contributed by atoms with E-state index in [1.165, 1.54) is 0 Å². The second-order valence-electron chi connectivity index (χ2n) is 5.58. The van der Waals surface area contributed by atoms with Gasteiger partial charge in [-0.2, -0.15) is 0 Å². The fourth-order valence-electron chi connectivity index (χ4n) is 2.48. The van der Waals surface area contributed by atoms with Crippen molar-refractivity contribution in [3.63, 3.8) is 0 Å². The molecule has 0 aromatic carbocycles. The van der Waals surface area contributed by atoms with Crippen molar-refractivity contribution >= 4 is 5.97 Å². The van der Waals surface area contributed by atoms with Crippen molar-refractivity contribution in [3.05, 3.63) is 12.2 Å². The minimum Gasteiger partial charge on any atom is -0.459 e. The van der Waals surface area contributed by atoms with Gasteiger partial charge in [0.1, 0.15) is 6.10 Å². The van der Waals surface area contributed by atoms with Crippen molar-refractivity contribution in [1.82, 2.24) is 0 Å². The maximum Gasteiger partial charge on any atom is 0.333 e. The molecular weight excluding hydrogens is 212 g/mol. The molecule has 0 aromatic rings. The van der Waals surface area contributed by atoms with Crippen molar-refractivity contribution in [2.75, 3.05) is 0 Å². The predicted octanol–water partition coefficient (Wildman–Crippen LogP) is 4.20. The molecule has 0 aliphatic carbocycles. The summed E-state index contributed by atoms with van der Waals surface area (Å²) in [6.07, 6.45) is 1.98. The first-order chi connectivity index (χ1) is 7.81. The second-order valence-corrected chi connectivity index (χ2v) is 5.58. The van der Waals surface area contributed by atoms with E-state index in [0.717, 1.165) is 12.8 Å². The molecule has 0 aromatic heterocycles. The lowest BCUT2D eigenvalue weighted by molar-refractivity contribution is -0.149. The Balaban J connectivity index is 4.79. The van der Waals surface area contributed by atoms with E-state index >= 15 is 0 Å². The zero-order chi connectivity index (χ0) is 13.6. The van der Waals surface area contributed by atoms with Crippen LogP contribution < -0.4 is 0 Å². The first kappa shape index (κ1) is 16.2. The molecule has 0 aliphatic heterocycles. The molecule has 0 rings (SSSR count). The molecule has 0 radical (unpaired) electrons. The maximum absolute atomic E-state index is 11.7. The van der Waals surface area contributed by atoms with Crippen LogP contribution in [0.1, 0.15) is 54.4 Å². The van der Waals surface area contributed by atoms with Crippen LogP contribution in [0.4, 0.5) is 0 Å². The largest absolute Gasteiger partial charge is 0.459 e. The zero-order valence-corrected chi connectivity index (χ0v) is 12.2. The Morgan fingerprint density at radius 2 is 1.65 bits per heavy atom. The number of ether oxygens (including phenoxy) is 1. The highest BCUT2D eigenvalue weighted by molar-refractivity contribution is 5.87. The van der Waals surface area contributed by atoms with Gasteiger partial charge >= 0.3 is 5.97 Å². The molecule has 0 N–H and O–H groups in total. The minimum absolute atomic E-state index is 0.0178. The van der Waals surface area contributed by atoms with E-state index in [9.17, 15) is 4.79 Å². The minimum atomic E-state index is -0.255. The molecule has 17 heavy (non-hydrogen) atoms. The second kappa shape index (κ2) is 7.52. The molecule has 0 heterocycles. The van der Waals surface area contributed by atoms with Gasteiger partial charge in [-0.05, 0) is 25.2 Å². The van der Waals surface area contributed by atoms with Crippen LogP contribution in [0.15, 0.2) is 12.2 Å². The van der Waals surface area contributed by atoms with Crippen molar-refractivity contribution in [2.24, 2.45) is 17.8 Å². The molecule has 0 fully saturated rings. The lowest BCUT2D eigenvalue weighted by atomic mass is 9.79. The van der Waals surface area contributed by atoms with E-state index in [1.54, 1.807) is 6.92 Å². The van der Waals surface area contributed by atoms with Gasteiger partial charge in [-0.3, -0.25) is 0 Å². The Bertz CT molecular complexity index is 246. The number of carbonyl (C=O) groups is 1. The summed E-state index contributed by atoms with van der Waals surface area (Å²) in [5.41, 5.74) is 0.484. The number of esters is 1. The smallest absolute Gasteiger partial charge is 0.333 e. The normalized spacial score (nSPS) is 13.2. The Morgan fingerprint density at radius 1 is 1.18 bits per heavy atom. The standard InChI is InChI=1S/C15H28O2/c1-8-9-13(17-15(16)12(6)7)14(10(2)3)11(4)5/h10-11,13-14H,6,8-9H2,1-5,7H3. The average Bonchev–Trinajstić information content (AvgIpc) is 2.16. The first-order valence-electron chi connectivity index (χ1n) is 6.67. The van der Waals surface area contributed by atoms with Gasteiger partial charge in [-0.15, -0.1) is 0 Å². The summed E-state index contributed by atoms with van der Waals surface area (Å²) < 4.78 is 5.60. The highest BCUT2D eigenvalue weighted by atomic mass is 16.5. The van der Waals surface area contributed by atoms with E-state index in [0.29, 0.717) is 23.3 Å². The van der Waals surface area contributed by atoms with Crippen LogP contribution in [-0.4, -0.2) is 12.1 Å². The molecule has 0 amide bonds. The SMILES string of the molecule is C=C(C)C(=O)OC(CCC)C(C(C)C)C(C)C. The quantitative estimate of drug-likeness (QED) is 0.492. The zero-order valence-electron chi connectivity index (χ0n) is 12.2. The number of carbonyl (C=O) groups excluding carboxylic acids is 1. The molecule has 1 atom stereocenters. The summed E-state index contributed by atoms with van der Waals surface area (Å²) >= 11 is 0. The molecule has 1 unspecified atom stereocenters. The summed E-state index contributed by atoms with van der Waals surface area (Å²) in [5, 5.41) is 0. The molecule has 0 saturated carbocycles. The van der Waals surface area contributed by atoms with Crippen molar-refractivity contribution < 1.29 is 9.53 Å². The van der Waals surface area contributed by atoms with Crippen molar-refractivity contribution in [1.29, 1.82) is 0 Å². The molecule has 0 bridgehead atoms. The molecule has 0 spiro atoms. The van der Waals surface area contributed by atoms with Gasteiger partial charge in [-0.25, -0.2) is 4.79 Å². The third kappa shape index (κ3) is 5.38. The lowest BCUT2D eigenvalue weighted by Crippen LogP contribution is -2.34. The summed E-state index contributed by atoms with van der Waals surface area (Å²) in [5.74, 6) is 1.20. The molecule has 2 heteroatoms. The molecule has 0 aliphatic rings. The lowest BCUT2D eigenvalue weighted by Gasteiger charge is -2.33.